The first-order chi connectivity index (χ1) is 14.3. The summed E-state index contributed by atoms with van der Waals surface area (Å²) in [6.07, 6.45) is -0.861. The number of benzene rings is 2. The number of carbonyl (C=O) groups is 2. The van der Waals surface area contributed by atoms with Crippen LogP contribution in [0.4, 0.5) is 0 Å². The van der Waals surface area contributed by atoms with Gasteiger partial charge in [-0.15, -0.1) is 0 Å². The number of carbonyl (C=O) groups excluding carboxylic acids is 2. The molecular formula is C20H19BrN4O5. The summed E-state index contributed by atoms with van der Waals surface area (Å²) in [6.45, 7) is 3.47. The molecule has 0 saturated heterocycles. The summed E-state index contributed by atoms with van der Waals surface area (Å²) >= 11 is 3.32. The second-order valence-corrected chi connectivity index (χ2v) is 7.32. The Morgan fingerprint density at radius 3 is 2.63 bits per heavy atom. The van der Waals surface area contributed by atoms with Gasteiger partial charge in [-0.1, -0.05) is 22.0 Å². The second-order valence-electron chi connectivity index (χ2n) is 6.40. The van der Waals surface area contributed by atoms with Crippen LogP contribution in [0.1, 0.15) is 24.2 Å². The second kappa shape index (κ2) is 8.95. The first-order valence-electron chi connectivity index (χ1n) is 9.09. The fourth-order valence-corrected chi connectivity index (χ4v) is 3.15. The maximum atomic E-state index is 12.4. The number of rotatable bonds is 5. The maximum absolute atomic E-state index is 12.4. The highest BCUT2D eigenvalue weighted by Gasteiger charge is 2.17. The minimum atomic E-state index is -0.861. The molecule has 156 valence electrons. The van der Waals surface area contributed by atoms with Gasteiger partial charge in [0.25, 0.3) is 17.4 Å². The number of amides is 2. The van der Waals surface area contributed by atoms with Crippen LogP contribution in [0, 0.1) is 0 Å². The molecule has 1 atom stereocenters. The Morgan fingerprint density at radius 2 is 1.93 bits per heavy atom. The SMILES string of the molecule is CCn1c(=O)[nH]c2cc(C(=O)NNC(=O)C(C)Oc3cccc(Br)c3)ccc2c1=O. The van der Waals surface area contributed by atoms with Gasteiger partial charge in [-0.2, -0.15) is 0 Å². The fraction of sp³-hybridized carbons (Fsp3) is 0.200. The Kier molecular flexibility index (Phi) is 6.36. The Labute approximate surface area is 179 Å². The number of nitrogens with one attached hydrogen (secondary N) is 3. The zero-order valence-electron chi connectivity index (χ0n) is 16.2. The minimum Gasteiger partial charge on any atom is -0.481 e. The quantitative estimate of drug-likeness (QED) is 0.485. The van der Waals surface area contributed by atoms with E-state index in [-0.39, 0.29) is 23.0 Å². The molecule has 1 heterocycles. The van der Waals surface area contributed by atoms with E-state index < -0.39 is 29.2 Å². The summed E-state index contributed by atoms with van der Waals surface area (Å²) in [5.41, 5.74) is 3.99. The van der Waals surface area contributed by atoms with Gasteiger partial charge in [0.1, 0.15) is 5.75 Å². The summed E-state index contributed by atoms with van der Waals surface area (Å²) in [7, 11) is 0. The van der Waals surface area contributed by atoms with E-state index >= 15 is 0 Å². The molecule has 3 N–H and O–H groups in total. The van der Waals surface area contributed by atoms with E-state index in [4.69, 9.17) is 4.74 Å². The third kappa shape index (κ3) is 4.60. The highest BCUT2D eigenvalue weighted by Crippen LogP contribution is 2.18. The van der Waals surface area contributed by atoms with Gasteiger partial charge >= 0.3 is 5.69 Å². The van der Waals surface area contributed by atoms with Crippen molar-refractivity contribution in [2.75, 3.05) is 0 Å². The molecule has 2 aromatic carbocycles. The third-order valence-electron chi connectivity index (χ3n) is 4.34. The van der Waals surface area contributed by atoms with Gasteiger partial charge in [-0.3, -0.25) is 29.8 Å². The van der Waals surface area contributed by atoms with Crippen molar-refractivity contribution < 1.29 is 14.3 Å². The number of halogens is 1. The Balaban J connectivity index is 1.68. The van der Waals surface area contributed by atoms with Gasteiger partial charge in [-0.25, -0.2) is 4.79 Å². The average molecular weight is 475 g/mol. The van der Waals surface area contributed by atoms with Gasteiger partial charge in [-0.05, 0) is 50.2 Å². The van der Waals surface area contributed by atoms with Crippen LogP contribution in [0.25, 0.3) is 10.9 Å². The lowest BCUT2D eigenvalue weighted by atomic mass is 10.1. The van der Waals surface area contributed by atoms with Crippen molar-refractivity contribution in [3.8, 4) is 5.75 Å². The number of hydrazine groups is 1. The van der Waals surface area contributed by atoms with Crippen molar-refractivity contribution in [3.05, 3.63) is 73.3 Å². The molecule has 0 aliphatic rings. The molecule has 9 nitrogen and oxygen atoms in total. The first-order valence-corrected chi connectivity index (χ1v) is 9.88. The maximum Gasteiger partial charge on any atom is 0.328 e. The molecule has 2 amide bonds. The van der Waals surface area contributed by atoms with E-state index in [0.717, 1.165) is 9.04 Å². The smallest absolute Gasteiger partial charge is 0.328 e. The summed E-state index contributed by atoms with van der Waals surface area (Å²) < 4.78 is 7.40. The zero-order valence-corrected chi connectivity index (χ0v) is 17.8. The van der Waals surface area contributed by atoms with Crippen LogP contribution < -0.4 is 26.8 Å². The highest BCUT2D eigenvalue weighted by atomic mass is 79.9. The standard InChI is InChI=1S/C20H19BrN4O5/c1-3-25-19(28)15-8-7-12(9-16(15)22-20(25)29)18(27)24-23-17(26)11(2)30-14-6-4-5-13(21)10-14/h4-11H,3H2,1-2H3,(H,22,29)(H,23,26)(H,24,27). The molecule has 0 aliphatic heterocycles. The summed E-state index contributed by atoms with van der Waals surface area (Å²) in [4.78, 5) is 51.4. The summed E-state index contributed by atoms with van der Waals surface area (Å²) in [5.74, 6) is -0.668. The largest absolute Gasteiger partial charge is 0.481 e. The molecular weight excluding hydrogens is 456 g/mol. The molecule has 0 radical (unpaired) electrons. The first kappa shape index (κ1) is 21.3. The minimum absolute atomic E-state index is 0.160. The molecule has 0 aliphatic carbocycles. The van der Waals surface area contributed by atoms with Crippen molar-refractivity contribution in [2.24, 2.45) is 0 Å². The lowest BCUT2D eigenvalue weighted by Gasteiger charge is -2.15. The van der Waals surface area contributed by atoms with Crippen LogP contribution in [-0.4, -0.2) is 27.5 Å². The van der Waals surface area contributed by atoms with Crippen LogP contribution in [-0.2, 0) is 11.3 Å². The fourth-order valence-electron chi connectivity index (χ4n) is 2.77. The molecule has 1 aromatic heterocycles. The zero-order chi connectivity index (χ0) is 21.8. The van der Waals surface area contributed by atoms with Gasteiger partial charge in [0.05, 0.1) is 10.9 Å². The van der Waals surface area contributed by atoms with Crippen molar-refractivity contribution in [3.63, 3.8) is 0 Å². The molecule has 0 fully saturated rings. The number of hydrogen-bond acceptors (Lipinski definition) is 5. The summed E-state index contributed by atoms with van der Waals surface area (Å²) in [5, 5.41) is 0.285. The predicted octanol–water partition coefficient (Wildman–Crippen LogP) is 1.70. The lowest BCUT2D eigenvalue weighted by molar-refractivity contribution is -0.128. The molecule has 0 spiro atoms. The number of aromatic amines is 1. The number of aromatic nitrogens is 2. The van der Waals surface area contributed by atoms with Gasteiger partial charge in [0.2, 0.25) is 0 Å². The highest BCUT2D eigenvalue weighted by molar-refractivity contribution is 9.10. The van der Waals surface area contributed by atoms with Gasteiger partial charge in [0, 0.05) is 16.6 Å². The Bertz CT molecular complexity index is 1230. The van der Waals surface area contributed by atoms with Crippen LogP contribution in [0.15, 0.2) is 56.5 Å². The topological polar surface area (TPSA) is 122 Å². The third-order valence-corrected chi connectivity index (χ3v) is 4.83. The molecule has 3 rings (SSSR count). The lowest BCUT2D eigenvalue weighted by Crippen LogP contribution is -2.47. The van der Waals surface area contributed by atoms with Crippen molar-refractivity contribution in [2.45, 2.75) is 26.5 Å². The number of ether oxygens (including phenoxy) is 1. The van der Waals surface area contributed by atoms with E-state index in [2.05, 4.69) is 31.8 Å². The van der Waals surface area contributed by atoms with Crippen LogP contribution in [0.3, 0.4) is 0 Å². The summed E-state index contributed by atoms with van der Waals surface area (Å²) in [6, 6.07) is 11.3. The number of fused-ring (bicyclic) bond motifs is 1. The van der Waals surface area contributed by atoms with Crippen LogP contribution in [0.5, 0.6) is 5.75 Å². The normalized spacial score (nSPS) is 11.7. The molecule has 0 bridgehead atoms. The number of H-pyrrole nitrogens is 1. The van der Waals surface area contributed by atoms with Gasteiger partial charge in [0.15, 0.2) is 6.10 Å². The molecule has 3 aromatic rings. The van der Waals surface area contributed by atoms with Gasteiger partial charge < -0.3 is 9.72 Å². The van der Waals surface area contributed by atoms with E-state index in [1.54, 1.807) is 32.0 Å². The van der Waals surface area contributed by atoms with E-state index in [1.807, 2.05) is 6.07 Å². The monoisotopic (exact) mass is 474 g/mol. The number of hydrogen-bond donors (Lipinski definition) is 3. The molecule has 30 heavy (non-hydrogen) atoms. The number of nitrogens with zero attached hydrogens (tertiary/aromatic N) is 1. The van der Waals surface area contributed by atoms with Crippen molar-refractivity contribution in [1.29, 1.82) is 0 Å². The average Bonchev–Trinajstić information content (AvgIpc) is 2.71. The predicted molar refractivity (Wildman–Crippen MR) is 114 cm³/mol. The molecule has 1 unspecified atom stereocenters. The Hall–Kier alpha value is -3.40. The van der Waals surface area contributed by atoms with E-state index in [9.17, 15) is 19.2 Å². The van der Waals surface area contributed by atoms with Crippen molar-refractivity contribution in [1.82, 2.24) is 20.4 Å². The van der Waals surface area contributed by atoms with Crippen molar-refractivity contribution >= 4 is 38.6 Å². The van der Waals surface area contributed by atoms with E-state index in [1.165, 1.54) is 18.2 Å². The van der Waals surface area contributed by atoms with Crippen LogP contribution >= 0.6 is 15.9 Å². The van der Waals surface area contributed by atoms with E-state index in [0.29, 0.717) is 5.75 Å². The molecule has 0 saturated carbocycles. The van der Waals surface area contributed by atoms with Crippen LogP contribution in [0.2, 0.25) is 0 Å². The molecule has 10 heteroatoms. The Morgan fingerprint density at radius 1 is 1.17 bits per heavy atom.